The molecular weight excluding hydrogens is 212 g/mol. The van der Waals surface area contributed by atoms with Crippen LogP contribution in [0, 0.1) is 5.92 Å². The molecule has 0 aliphatic carbocycles. The number of hydrogen-bond acceptors (Lipinski definition) is 2. The highest BCUT2D eigenvalue weighted by molar-refractivity contribution is 6.00. The predicted molar refractivity (Wildman–Crippen MR) is 73.2 cm³/mol. The topological polar surface area (TPSA) is 26.3 Å². The summed E-state index contributed by atoms with van der Waals surface area (Å²) in [6.07, 6.45) is 4.09. The molecule has 0 aliphatic heterocycles. The average Bonchev–Trinajstić information content (AvgIpc) is 2.33. The lowest BCUT2D eigenvalue weighted by Crippen LogP contribution is -2.38. The molecule has 0 saturated carbocycles. The first-order valence-electron chi connectivity index (χ1n) is 6.75. The molecule has 0 aromatic carbocycles. The maximum Gasteiger partial charge on any atom is 0.189 e. The van der Waals surface area contributed by atoms with E-state index in [-0.39, 0.29) is 5.78 Å². The zero-order valence-corrected chi connectivity index (χ0v) is 12.1. The molecule has 0 amide bonds. The Morgan fingerprint density at radius 1 is 1.29 bits per heavy atom. The Morgan fingerprint density at radius 2 is 1.82 bits per heavy atom. The highest BCUT2D eigenvalue weighted by Gasteiger charge is 2.32. The minimum absolute atomic E-state index is 0.0320. The Morgan fingerprint density at radius 3 is 2.18 bits per heavy atom. The van der Waals surface area contributed by atoms with E-state index < -0.39 is 5.60 Å². The van der Waals surface area contributed by atoms with Crippen LogP contribution in [0.5, 0.6) is 0 Å². The van der Waals surface area contributed by atoms with Crippen LogP contribution < -0.4 is 0 Å². The van der Waals surface area contributed by atoms with Gasteiger partial charge in [0.2, 0.25) is 0 Å². The maximum absolute atomic E-state index is 12.0. The van der Waals surface area contributed by atoms with Gasteiger partial charge in [-0.25, -0.2) is 0 Å². The molecule has 100 valence electrons. The molecule has 17 heavy (non-hydrogen) atoms. The second-order valence-electron chi connectivity index (χ2n) is 5.01. The first kappa shape index (κ1) is 16.4. The summed E-state index contributed by atoms with van der Waals surface area (Å²) in [7, 11) is 0. The maximum atomic E-state index is 12.0. The van der Waals surface area contributed by atoms with E-state index in [1.165, 1.54) is 12.8 Å². The minimum Gasteiger partial charge on any atom is -0.367 e. The summed E-state index contributed by atoms with van der Waals surface area (Å²) in [5, 5.41) is 0. The molecule has 1 atom stereocenters. The smallest absolute Gasteiger partial charge is 0.189 e. The molecule has 0 saturated heterocycles. The molecule has 0 radical (unpaired) electrons. The predicted octanol–water partition coefficient (Wildman–Crippen LogP) is 4.14. The van der Waals surface area contributed by atoms with Gasteiger partial charge in [0.25, 0.3) is 0 Å². The van der Waals surface area contributed by atoms with Crippen LogP contribution in [0.4, 0.5) is 0 Å². The molecule has 0 aromatic rings. The Balaban J connectivity index is 4.31. The van der Waals surface area contributed by atoms with Gasteiger partial charge in [0.05, 0.1) is 0 Å². The second-order valence-corrected chi connectivity index (χ2v) is 5.01. The van der Waals surface area contributed by atoms with E-state index in [0.29, 0.717) is 24.5 Å². The largest absolute Gasteiger partial charge is 0.367 e. The van der Waals surface area contributed by atoms with Crippen molar-refractivity contribution < 1.29 is 9.53 Å². The van der Waals surface area contributed by atoms with Crippen molar-refractivity contribution in [3.05, 3.63) is 12.2 Å². The number of carbonyl (C=O) groups is 1. The van der Waals surface area contributed by atoms with Gasteiger partial charge in [-0.15, -0.1) is 0 Å². The molecule has 0 aliphatic rings. The van der Waals surface area contributed by atoms with Crippen molar-refractivity contribution in [3.63, 3.8) is 0 Å². The van der Waals surface area contributed by atoms with Gasteiger partial charge in [0, 0.05) is 6.61 Å². The average molecular weight is 240 g/mol. The first-order valence-corrected chi connectivity index (χ1v) is 6.75. The highest BCUT2D eigenvalue weighted by atomic mass is 16.5. The summed E-state index contributed by atoms with van der Waals surface area (Å²) in [5.41, 5.74) is -0.102. The third-order valence-electron chi connectivity index (χ3n) is 3.64. The van der Waals surface area contributed by atoms with Crippen molar-refractivity contribution in [2.75, 3.05) is 6.61 Å². The molecule has 2 heteroatoms. The highest BCUT2D eigenvalue weighted by Crippen LogP contribution is 2.22. The van der Waals surface area contributed by atoms with Gasteiger partial charge in [0.1, 0.15) is 5.60 Å². The van der Waals surface area contributed by atoms with Crippen LogP contribution in [0.2, 0.25) is 0 Å². The Bertz CT molecular complexity index is 254. The molecule has 0 aromatic heterocycles. The lowest BCUT2D eigenvalue weighted by molar-refractivity contribution is -0.139. The van der Waals surface area contributed by atoms with Gasteiger partial charge in [-0.3, -0.25) is 4.79 Å². The Hall–Kier alpha value is -0.630. The van der Waals surface area contributed by atoms with Crippen LogP contribution in [-0.2, 0) is 9.53 Å². The quantitative estimate of drug-likeness (QED) is 0.566. The van der Waals surface area contributed by atoms with Gasteiger partial charge >= 0.3 is 0 Å². The van der Waals surface area contributed by atoms with Crippen molar-refractivity contribution in [1.29, 1.82) is 0 Å². The van der Waals surface area contributed by atoms with Gasteiger partial charge in [-0.05, 0) is 38.2 Å². The number of ketones is 1. The van der Waals surface area contributed by atoms with Crippen LogP contribution in [0.3, 0.4) is 0 Å². The van der Waals surface area contributed by atoms with E-state index >= 15 is 0 Å². The monoisotopic (exact) mass is 240 g/mol. The van der Waals surface area contributed by atoms with Crippen molar-refractivity contribution in [2.24, 2.45) is 5.92 Å². The molecule has 0 heterocycles. The third kappa shape index (κ3) is 5.03. The summed E-state index contributed by atoms with van der Waals surface area (Å²) in [5.74, 6) is 0.737. The molecule has 0 spiro atoms. The van der Waals surface area contributed by atoms with Crippen molar-refractivity contribution in [2.45, 2.75) is 65.9 Å². The SMILES string of the molecule is C=C(C)C(=O)C(C)(CC)OCCC(CC)CC. The van der Waals surface area contributed by atoms with Crippen LogP contribution in [0.15, 0.2) is 12.2 Å². The van der Waals surface area contributed by atoms with E-state index in [1.807, 2.05) is 13.8 Å². The molecule has 1 unspecified atom stereocenters. The molecular formula is C15H28O2. The van der Waals surface area contributed by atoms with Crippen molar-refractivity contribution in [1.82, 2.24) is 0 Å². The molecule has 0 fully saturated rings. The van der Waals surface area contributed by atoms with Crippen LogP contribution in [0.1, 0.15) is 60.3 Å². The number of ether oxygens (including phenoxy) is 1. The molecule has 0 N–H and O–H groups in total. The van der Waals surface area contributed by atoms with Crippen LogP contribution in [-0.4, -0.2) is 18.0 Å². The molecule has 0 rings (SSSR count). The van der Waals surface area contributed by atoms with Gasteiger partial charge < -0.3 is 4.74 Å². The van der Waals surface area contributed by atoms with Gasteiger partial charge in [0.15, 0.2) is 5.78 Å². The van der Waals surface area contributed by atoms with Gasteiger partial charge in [-0.2, -0.15) is 0 Å². The Labute approximate surface area is 106 Å². The zero-order valence-electron chi connectivity index (χ0n) is 12.1. The summed E-state index contributed by atoms with van der Waals surface area (Å²) < 4.78 is 5.83. The Kier molecular flexibility index (Phi) is 7.37. The van der Waals surface area contributed by atoms with E-state index in [4.69, 9.17) is 4.74 Å². The van der Waals surface area contributed by atoms with Crippen LogP contribution in [0.25, 0.3) is 0 Å². The lowest BCUT2D eigenvalue weighted by atomic mass is 9.93. The number of Topliss-reactive ketones (excluding diaryl/α,β-unsaturated/α-hetero) is 1. The summed E-state index contributed by atoms with van der Waals surface area (Å²) in [6, 6.07) is 0. The standard InChI is InChI=1S/C15H28O2/c1-7-13(8-2)10-11-17-15(6,9-3)14(16)12(4)5/h13H,4,7-11H2,1-3,5-6H3. The fourth-order valence-corrected chi connectivity index (χ4v) is 1.93. The van der Waals surface area contributed by atoms with E-state index in [0.717, 1.165) is 6.42 Å². The van der Waals surface area contributed by atoms with Crippen LogP contribution >= 0.6 is 0 Å². The summed E-state index contributed by atoms with van der Waals surface area (Å²) >= 11 is 0. The van der Waals surface area contributed by atoms with Gasteiger partial charge in [-0.1, -0.05) is 40.2 Å². The summed E-state index contributed by atoms with van der Waals surface area (Å²) in [6.45, 7) is 14.4. The number of rotatable bonds is 9. The number of hydrogen-bond donors (Lipinski definition) is 0. The minimum atomic E-state index is -0.683. The molecule has 0 bridgehead atoms. The van der Waals surface area contributed by atoms with Crippen molar-refractivity contribution in [3.8, 4) is 0 Å². The summed E-state index contributed by atoms with van der Waals surface area (Å²) in [4.78, 5) is 12.0. The lowest BCUT2D eigenvalue weighted by Gasteiger charge is -2.28. The van der Waals surface area contributed by atoms with E-state index in [9.17, 15) is 4.79 Å². The third-order valence-corrected chi connectivity index (χ3v) is 3.64. The second kappa shape index (κ2) is 7.65. The number of carbonyl (C=O) groups excluding carboxylic acids is 1. The fraction of sp³-hybridized carbons (Fsp3) is 0.800. The first-order chi connectivity index (χ1) is 7.91. The zero-order chi connectivity index (χ0) is 13.5. The van der Waals surface area contributed by atoms with E-state index in [1.54, 1.807) is 6.92 Å². The van der Waals surface area contributed by atoms with Crippen molar-refractivity contribution >= 4 is 5.78 Å². The normalized spacial score (nSPS) is 14.7. The van der Waals surface area contributed by atoms with E-state index in [2.05, 4.69) is 20.4 Å². The fourth-order valence-electron chi connectivity index (χ4n) is 1.93. The molecule has 2 nitrogen and oxygen atoms in total.